The van der Waals surface area contributed by atoms with Crippen molar-refractivity contribution in [3.8, 4) is 0 Å². The molecule has 1 aromatic carbocycles. The average molecular weight is 334 g/mol. The third-order valence-electron chi connectivity index (χ3n) is 4.88. The van der Waals surface area contributed by atoms with Gasteiger partial charge in [0.05, 0.1) is 6.04 Å². The summed E-state index contributed by atoms with van der Waals surface area (Å²) in [5.74, 6) is -1.12. The van der Waals surface area contributed by atoms with Gasteiger partial charge < -0.3 is 4.90 Å². The molecule has 4 nitrogen and oxygen atoms in total. The highest BCUT2D eigenvalue weighted by molar-refractivity contribution is 6.27. The zero-order chi connectivity index (χ0) is 16.6. The van der Waals surface area contributed by atoms with Gasteiger partial charge in [0.25, 0.3) is 0 Å². The first kappa shape index (κ1) is 16.2. The molecule has 1 saturated carbocycles. The molecule has 1 aliphatic heterocycles. The molecule has 122 valence electrons. The molecule has 0 saturated heterocycles. The van der Waals surface area contributed by atoms with Gasteiger partial charge in [-0.3, -0.25) is 14.4 Å². The first-order valence-electron chi connectivity index (χ1n) is 8.01. The zero-order valence-electron chi connectivity index (χ0n) is 13.1. The van der Waals surface area contributed by atoms with E-state index in [1.807, 2.05) is 31.2 Å². The number of carbonyl (C=O) groups is 3. The molecule has 0 radical (unpaired) electrons. The molecule has 2 aliphatic rings. The van der Waals surface area contributed by atoms with Crippen molar-refractivity contribution in [1.29, 1.82) is 0 Å². The minimum Gasteiger partial charge on any atom is -0.333 e. The van der Waals surface area contributed by atoms with E-state index in [9.17, 15) is 14.4 Å². The predicted octanol–water partition coefficient (Wildman–Crippen LogP) is 2.54. The molecule has 1 aromatic rings. The second-order valence-corrected chi connectivity index (χ2v) is 6.81. The van der Waals surface area contributed by atoms with Crippen molar-refractivity contribution in [1.82, 2.24) is 4.90 Å². The number of Topliss-reactive ketones (excluding diaryl/α,β-unsaturated/α-hetero) is 2. The molecule has 1 fully saturated rings. The summed E-state index contributed by atoms with van der Waals surface area (Å²) < 4.78 is 0. The lowest BCUT2D eigenvalue weighted by molar-refractivity contribution is -0.144. The summed E-state index contributed by atoms with van der Waals surface area (Å²) in [6.07, 6.45) is 1.52. The second kappa shape index (κ2) is 6.44. The topological polar surface area (TPSA) is 54.5 Å². The molecule has 1 aliphatic carbocycles. The molecule has 3 rings (SSSR count). The van der Waals surface area contributed by atoms with E-state index in [0.717, 1.165) is 17.5 Å². The monoisotopic (exact) mass is 333 g/mol. The van der Waals surface area contributed by atoms with Crippen LogP contribution in [0.2, 0.25) is 0 Å². The van der Waals surface area contributed by atoms with E-state index in [-0.39, 0.29) is 29.3 Å². The van der Waals surface area contributed by atoms with Crippen molar-refractivity contribution in [2.24, 2.45) is 11.8 Å². The molecular weight excluding hydrogens is 314 g/mol. The molecule has 1 amide bonds. The number of hydrogen-bond donors (Lipinski definition) is 0. The summed E-state index contributed by atoms with van der Waals surface area (Å²) in [4.78, 5) is 39.1. The number of alkyl halides is 1. The average Bonchev–Trinajstić information content (AvgIpc) is 2.53. The molecule has 0 N–H and O–H groups in total. The first-order chi connectivity index (χ1) is 11.0. The standard InChI is InChI=1S/C18H20ClNO3/c1-11-8-14(21)17(15(22)9-11)18-13-5-3-2-4-12(13)6-7-20(18)16(23)10-19/h2-5,11,17-18H,6-10H2,1H3/t11?,17?,18-/m0/s1. The Morgan fingerprint density at radius 1 is 1.22 bits per heavy atom. The van der Waals surface area contributed by atoms with Crippen LogP contribution in [-0.4, -0.2) is 34.8 Å². The van der Waals surface area contributed by atoms with Crippen LogP contribution in [0.3, 0.4) is 0 Å². The SMILES string of the molecule is CC1CC(=O)C([C@@H]2c3ccccc3CCN2C(=O)CCl)C(=O)C1. The van der Waals surface area contributed by atoms with Gasteiger partial charge in [-0.25, -0.2) is 0 Å². The summed E-state index contributed by atoms with van der Waals surface area (Å²) in [7, 11) is 0. The summed E-state index contributed by atoms with van der Waals surface area (Å²) in [6, 6.07) is 7.26. The Morgan fingerprint density at radius 2 is 1.87 bits per heavy atom. The van der Waals surface area contributed by atoms with E-state index < -0.39 is 12.0 Å². The summed E-state index contributed by atoms with van der Waals surface area (Å²) in [5, 5.41) is 0. The summed E-state index contributed by atoms with van der Waals surface area (Å²) in [5.41, 5.74) is 2.02. The predicted molar refractivity (Wildman–Crippen MR) is 87.2 cm³/mol. The van der Waals surface area contributed by atoms with E-state index in [4.69, 9.17) is 11.6 Å². The number of hydrogen-bond acceptors (Lipinski definition) is 3. The molecule has 1 heterocycles. The Morgan fingerprint density at radius 3 is 2.52 bits per heavy atom. The Balaban J connectivity index is 2.05. The van der Waals surface area contributed by atoms with Crippen LogP contribution in [-0.2, 0) is 20.8 Å². The fourth-order valence-electron chi connectivity index (χ4n) is 3.86. The van der Waals surface area contributed by atoms with Crippen molar-refractivity contribution in [3.05, 3.63) is 35.4 Å². The third-order valence-corrected chi connectivity index (χ3v) is 5.10. The van der Waals surface area contributed by atoms with E-state index in [1.54, 1.807) is 4.90 Å². The third kappa shape index (κ3) is 2.92. The maximum Gasteiger partial charge on any atom is 0.238 e. The van der Waals surface area contributed by atoms with Gasteiger partial charge in [-0.1, -0.05) is 31.2 Å². The quantitative estimate of drug-likeness (QED) is 0.617. The van der Waals surface area contributed by atoms with Crippen LogP contribution in [0.1, 0.15) is 36.9 Å². The molecule has 0 bridgehead atoms. The lowest BCUT2D eigenvalue weighted by Gasteiger charge is -2.42. The number of halogens is 1. The van der Waals surface area contributed by atoms with E-state index in [1.165, 1.54) is 0 Å². The van der Waals surface area contributed by atoms with E-state index >= 15 is 0 Å². The number of amides is 1. The van der Waals surface area contributed by atoms with Gasteiger partial charge in [0.1, 0.15) is 23.4 Å². The maximum atomic E-state index is 12.6. The fraction of sp³-hybridized carbons (Fsp3) is 0.500. The van der Waals surface area contributed by atoms with Gasteiger partial charge in [0.15, 0.2) is 0 Å². The van der Waals surface area contributed by atoms with Gasteiger partial charge in [0.2, 0.25) is 5.91 Å². The number of rotatable bonds is 2. The highest BCUT2D eigenvalue weighted by atomic mass is 35.5. The van der Waals surface area contributed by atoms with Crippen molar-refractivity contribution >= 4 is 29.1 Å². The highest BCUT2D eigenvalue weighted by Crippen LogP contribution is 2.40. The number of benzene rings is 1. The first-order valence-corrected chi connectivity index (χ1v) is 8.55. The Kier molecular flexibility index (Phi) is 4.53. The summed E-state index contributed by atoms with van der Waals surface area (Å²) in [6.45, 7) is 2.42. The Hall–Kier alpha value is -1.68. The molecule has 5 heteroatoms. The van der Waals surface area contributed by atoms with Crippen LogP contribution in [0.25, 0.3) is 0 Å². The minimum atomic E-state index is -0.750. The van der Waals surface area contributed by atoms with Crippen molar-refractivity contribution in [2.45, 2.75) is 32.2 Å². The van der Waals surface area contributed by atoms with Gasteiger partial charge in [0, 0.05) is 19.4 Å². The number of ketones is 2. The van der Waals surface area contributed by atoms with Crippen LogP contribution in [0, 0.1) is 11.8 Å². The highest BCUT2D eigenvalue weighted by Gasteiger charge is 2.45. The van der Waals surface area contributed by atoms with Crippen LogP contribution < -0.4 is 0 Å². The van der Waals surface area contributed by atoms with Crippen LogP contribution in [0.15, 0.2) is 24.3 Å². The zero-order valence-corrected chi connectivity index (χ0v) is 13.9. The van der Waals surface area contributed by atoms with Crippen LogP contribution in [0.4, 0.5) is 0 Å². The van der Waals surface area contributed by atoms with Gasteiger partial charge in [-0.05, 0) is 23.5 Å². The fourth-order valence-corrected chi connectivity index (χ4v) is 4.01. The van der Waals surface area contributed by atoms with Crippen LogP contribution in [0.5, 0.6) is 0 Å². The van der Waals surface area contributed by atoms with Gasteiger partial charge in [-0.2, -0.15) is 0 Å². The number of carbonyl (C=O) groups excluding carboxylic acids is 3. The van der Waals surface area contributed by atoms with Crippen LogP contribution >= 0.6 is 11.6 Å². The Bertz CT molecular complexity index is 639. The minimum absolute atomic E-state index is 0.0529. The van der Waals surface area contributed by atoms with Crippen molar-refractivity contribution in [3.63, 3.8) is 0 Å². The number of fused-ring (bicyclic) bond motifs is 1. The van der Waals surface area contributed by atoms with Gasteiger partial charge in [-0.15, -0.1) is 11.6 Å². The van der Waals surface area contributed by atoms with Crippen molar-refractivity contribution < 1.29 is 14.4 Å². The smallest absolute Gasteiger partial charge is 0.238 e. The normalized spacial score (nSPS) is 27.7. The van der Waals surface area contributed by atoms with Gasteiger partial charge >= 0.3 is 0 Å². The van der Waals surface area contributed by atoms with E-state index in [2.05, 4.69) is 0 Å². The van der Waals surface area contributed by atoms with Crippen molar-refractivity contribution in [2.75, 3.05) is 12.4 Å². The van der Waals surface area contributed by atoms with E-state index in [0.29, 0.717) is 19.4 Å². The molecule has 0 unspecified atom stereocenters. The maximum absolute atomic E-state index is 12.6. The Labute approximate surface area is 140 Å². The molecule has 1 atom stereocenters. The molecule has 23 heavy (non-hydrogen) atoms. The molecular formula is C18H20ClNO3. The lowest BCUT2D eigenvalue weighted by atomic mass is 9.73. The molecule has 0 aromatic heterocycles. The second-order valence-electron chi connectivity index (χ2n) is 6.54. The number of nitrogens with zero attached hydrogens (tertiary/aromatic N) is 1. The lowest BCUT2D eigenvalue weighted by Crippen LogP contribution is -2.49. The largest absolute Gasteiger partial charge is 0.333 e. The summed E-state index contributed by atoms with van der Waals surface area (Å²) >= 11 is 5.75. The molecule has 0 spiro atoms.